The summed E-state index contributed by atoms with van der Waals surface area (Å²) in [5, 5.41) is 8.76. The monoisotopic (exact) mass is 380 g/mol. The Morgan fingerprint density at radius 2 is 1.74 bits per heavy atom. The number of pyridine rings is 1. The molecule has 4 nitrogen and oxygen atoms in total. The van der Waals surface area contributed by atoms with Crippen LogP contribution in [0.1, 0.15) is 16.8 Å². The van der Waals surface area contributed by atoms with Crippen LogP contribution in [0.5, 0.6) is 0 Å². The molecule has 0 unspecified atom stereocenters. The molecular weight excluding hydrogens is 364 g/mol. The number of allylic oxidation sites excluding steroid dienone is 2. The molecule has 2 rings (SSSR count). The third-order valence-electron chi connectivity index (χ3n) is 3.54. The maximum Gasteiger partial charge on any atom is 0.433 e. The summed E-state index contributed by atoms with van der Waals surface area (Å²) in [6, 6.07) is 7.42. The lowest BCUT2D eigenvalue weighted by Crippen LogP contribution is -2.17. The van der Waals surface area contributed by atoms with Gasteiger partial charge in [-0.25, -0.2) is 14.2 Å². The summed E-state index contributed by atoms with van der Waals surface area (Å²) in [5.41, 5.74) is 0.192. The van der Waals surface area contributed by atoms with Crippen LogP contribution < -0.4 is 4.90 Å². The first kappa shape index (κ1) is 20.2. The first-order valence-electron chi connectivity index (χ1n) is 7.72. The zero-order chi connectivity index (χ0) is 20.2. The molecule has 8 heteroatoms. The fourth-order valence-electron chi connectivity index (χ4n) is 2.36. The van der Waals surface area contributed by atoms with Crippen LogP contribution in [-0.2, 0) is 11.0 Å². The quantitative estimate of drug-likeness (QED) is 0.475. The molecular formula is C19H16F4N2O2. The topological polar surface area (TPSA) is 53.4 Å². The Labute approximate surface area is 153 Å². The Balaban J connectivity index is 2.68. The molecule has 1 heterocycles. The number of carboxylic acids is 1. The summed E-state index contributed by atoms with van der Waals surface area (Å²) in [7, 11) is 3.09. The smallest absolute Gasteiger partial charge is 0.433 e. The Morgan fingerprint density at radius 1 is 1.11 bits per heavy atom. The number of carbonyl (C=O) groups is 1. The molecule has 0 atom stereocenters. The molecule has 142 valence electrons. The average Bonchev–Trinajstić information content (AvgIpc) is 2.58. The van der Waals surface area contributed by atoms with E-state index in [9.17, 15) is 22.4 Å². The first-order valence-corrected chi connectivity index (χ1v) is 7.72. The van der Waals surface area contributed by atoms with E-state index < -0.39 is 23.7 Å². The molecule has 1 aromatic carbocycles. The lowest BCUT2D eigenvalue weighted by atomic mass is 9.97. The summed E-state index contributed by atoms with van der Waals surface area (Å²) >= 11 is 0. The number of rotatable bonds is 5. The van der Waals surface area contributed by atoms with Crippen LogP contribution >= 0.6 is 0 Å². The molecule has 2 aromatic rings. The summed E-state index contributed by atoms with van der Waals surface area (Å²) < 4.78 is 52.3. The number of alkyl halides is 3. The fraction of sp³-hybridized carbons (Fsp3) is 0.158. The van der Waals surface area contributed by atoms with Crippen molar-refractivity contribution in [1.29, 1.82) is 0 Å². The van der Waals surface area contributed by atoms with Crippen LogP contribution in [0.15, 0.2) is 54.6 Å². The molecule has 0 radical (unpaired) electrons. The third kappa shape index (κ3) is 5.16. The highest BCUT2D eigenvalue weighted by atomic mass is 19.4. The Morgan fingerprint density at radius 3 is 2.26 bits per heavy atom. The molecule has 1 N–H and O–H groups in total. The van der Waals surface area contributed by atoms with Gasteiger partial charge < -0.3 is 10.0 Å². The first-order chi connectivity index (χ1) is 12.6. The van der Waals surface area contributed by atoms with Crippen molar-refractivity contribution in [2.45, 2.75) is 6.18 Å². The number of anilines is 1. The van der Waals surface area contributed by atoms with E-state index in [0.29, 0.717) is 16.7 Å². The van der Waals surface area contributed by atoms with E-state index in [-0.39, 0.29) is 5.82 Å². The number of nitrogens with zero attached hydrogens (tertiary/aromatic N) is 2. The van der Waals surface area contributed by atoms with E-state index in [1.807, 2.05) is 0 Å². The number of benzene rings is 1. The summed E-state index contributed by atoms with van der Waals surface area (Å²) in [5.74, 6) is -1.61. The number of aromatic nitrogens is 1. The molecule has 27 heavy (non-hydrogen) atoms. The van der Waals surface area contributed by atoms with Crippen molar-refractivity contribution < 1.29 is 27.5 Å². The van der Waals surface area contributed by atoms with Crippen molar-refractivity contribution in [3.8, 4) is 0 Å². The van der Waals surface area contributed by atoms with Crippen molar-refractivity contribution in [3.05, 3.63) is 77.3 Å². The number of aliphatic carboxylic acids is 1. The molecule has 1 aromatic heterocycles. The number of halogens is 4. The van der Waals surface area contributed by atoms with Crippen LogP contribution in [0.3, 0.4) is 0 Å². The van der Waals surface area contributed by atoms with Gasteiger partial charge in [0, 0.05) is 25.7 Å². The van der Waals surface area contributed by atoms with E-state index in [1.165, 1.54) is 47.4 Å². The van der Waals surface area contributed by atoms with E-state index >= 15 is 0 Å². The van der Waals surface area contributed by atoms with Gasteiger partial charge in [-0.15, -0.1) is 0 Å². The highest BCUT2D eigenvalue weighted by Crippen LogP contribution is 2.34. The van der Waals surface area contributed by atoms with E-state index in [2.05, 4.69) is 4.98 Å². The molecule has 0 saturated carbocycles. The maximum absolute atomic E-state index is 13.2. The lowest BCUT2D eigenvalue weighted by molar-refractivity contribution is -0.141. The summed E-state index contributed by atoms with van der Waals surface area (Å²) in [4.78, 5) is 15.8. The van der Waals surface area contributed by atoms with Crippen LogP contribution in [0.4, 0.5) is 23.4 Å². The van der Waals surface area contributed by atoms with Gasteiger partial charge in [0.1, 0.15) is 17.3 Å². The lowest BCUT2D eigenvalue weighted by Gasteiger charge is -2.20. The Kier molecular flexibility index (Phi) is 5.99. The van der Waals surface area contributed by atoms with Gasteiger partial charge in [-0.3, -0.25) is 0 Å². The standard InChI is InChI=1S/C19H16F4N2O2/c1-25(2)18-15(10-11-16(24-18)19(21,22)23)14(4-3-5-17(26)27)12-6-8-13(20)9-7-12/h3-11H,1-2H3,(H,26,27)/b5-3+,14-4+. The minimum atomic E-state index is -4.60. The van der Waals surface area contributed by atoms with E-state index in [1.54, 1.807) is 14.1 Å². The molecule has 0 bridgehead atoms. The van der Waals surface area contributed by atoms with Gasteiger partial charge >= 0.3 is 12.1 Å². The van der Waals surface area contributed by atoms with Crippen LogP contribution in [0.25, 0.3) is 5.57 Å². The number of hydrogen-bond acceptors (Lipinski definition) is 3. The van der Waals surface area contributed by atoms with Crippen molar-refractivity contribution in [3.63, 3.8) is 0 Å². The molecule has 0 aliphatic heterocycles. The molecule has 0 saturated heterocycles. The van der Waals surface area contributed by atoms with Gasteiger partial charge in [-0.1, -0.05) is 24.3 Å². The van der Waals surface area contributed by atoms with Crippen LogP contribution in [-0.4, -0.2) is 30.2 Å². The van der Waals surface area contributed by atoms with Crippen molar-refractivity contribution in [2.75, 3.05) is 19.0 Å². The number of carboxylic acid groups (broad SMARTS) is 1. The highest BCUT2D eigenvalue weighted by molar-refractivity contribution is 5.87. The van der Waals surface area contributed by atoms with Crippen molar-refractivity contribution in [1.82, 2.24) is 4.98 Å². The largest absolute Gasteiger partial charge is 0.478 e. The second kappa shape index (κ2) is 8.03. The second-order valence-electron chi connectivity index (χ2n) is 5.74. The van der Waals surface area contributed by atoms with Gasteiger partial charge in [0.2, 0.25) is 0 Å². The number of hydrogen-bond donors (Lipinski definition) is 1. The van der Waals surface area contributed by atoms with Crippen LogP contribution in [0.2, 0.25) is 0 Å². The van der Waals surface area contributed by atoms with Gasteiger partial charge in [0.15, 0.2) is 0 Å². The Hall–Kier alpha value is -3.16. The molecule has 0 aliphatic rings. The summed E-state index contributed by atoms with van der Waals surface area (Å²) in [6.45, 7) is 0. The third-order valence-corrected chi connectivity index (χ3v) is 3.54. The fourth-order valence-corrected chi connectivity index (χ4v) is 2.36. The molecule has 0 aliphatic carbocycles. The summed E-state index contributed by atoms with van der Waals surface area (Å²) in [6.07, 6.45) is -1.04. The van der Waals surface area contributed by atoms with Crippen molar-refractivity contribution in [2.24, 2.45) is 0 Å². The molecule has 0 spiro atoms. The molecule has 0 fully saturated rings. The second-order valence-corrected chi connectivity index (χ2v) is 5.74. The van der Waals surface area contributed by atoms with Gasteiger partial charge in [0.05, 0.1) is 0 Å². The van der Waals surface area contributed by atoms with E-state index in [4.69, 9.17) is 5.11 Å². The molecule has 0 amide bonds. The van der Waals surface area contributed by atoms with Gasteiger partial charge in [0.25, 0.3) is 0 Å². The van der Waals surface area contributed by atoms with Crippen LogP contribution in [0, 0.1) is 5.82 Å². The SMILES string of the molecule is CN(C)c1nc(C(F)(F)F)ccc1/C(=C/C=C/C(=O)O)c1ccc(F)cc1. The zero-order valence-corrected chi connectivity index (χ0v) is 14.5. The van der Waals surface area contributed by atoms with Gasteiger partial charge in [-0.2, -0.15) is 13.2 Å². The maximum atomic E-state index is 13.2. The minimum absolute atomic E-state index is 0.0455. The predicted molar refractivity (Wildman–Crippen MR) is 93.8 cm³/mol. The Bertz CT molecular complexity index is 886. The van der Waals surface area contributed by atoms with Crippen molar-refractivity contribution >= 4 is 17.4 Å². The highest BCUT2D eigenvalue weighted by Gasteiger charge is 2.33. The van der Waals surface area contributed by atoms with Gasteiger partial charge in [-0.05, 0) is 35.4 Å². The zero-order valence-electron chi connectivity index (χ0n) is 14.5. The normalized spacial score (nSPS) is 12.4. The van der Waals surface area contributed by atoms with E-state index in [0.717, 1.165) is 12.1 Å². The average molecular weight is 380 g/mol. The predicted octanol–water partition coefficient (Wildman–Crippen LogP) is 4.38. The minimum Gasteiger partial charge on any atom is -0.478 e.